The van der Waals surface area contributed by atoms with Crippen molar-refractivity contribution in [2.45, 2.75) is 4.90 Å². The van der Waals surface area contributed by atoms with E-state index in [0.29, 0.717) is 0 Å². The number of nitrogens with one attached hydrogen (secondary N) is 1. The molecule has 0 fully saturated rings. The topological polar surface area (TPSA) is 127 Å². The first kappa shape index (κ1) is 16.4. The average Bonchev–Trinajstić information content (AvgIpc) is 2.46. The number of benzene rings is 2. The van der Waals surface area contributed by atoms with Crippen LogP contribution in [0.5, 0.6) is 0 Å². The van der Waals surface area contributed by atoms with Crippen LogP contribution in [0.4, 0.5) is 15.8 Å². The molecule has 120 valence electrons. The molecule has 2 N–H and O–H groups in total. The SMILES string of the molecule is O=C(O)c1ccc(NS(=O)(=O)c2c(F)cccc2[N+](=O)[O-])cc1. The van der Waals surface area contributed by atoms with Gasteiger partial charge in [0, 0.05) is 11.8 Å². The zero-order valence-corrected chi connectivity index (χ0v) is 12.1. The van der Waals surface area contributed by atoms with Crippen molar-refractivity contribution < 1.29 is 27.6 Å². The number of aromatic carboxylic acids is 1. The lowest BCUT2D eigenvalue weighted by Crippen LogP contribution is -2.16. The summed E-state index contributed by atoms with van der Waals surface area (Å²) >= 11 is 0. The highest BCUT2D eigenvalue weighted by Crippen LogP contribution is 2.28. The Bertz CT molecular complexity index is 880. The van der Waals surface area contributed by atoms with Crippen LogP contribution in [-0.4, -0.2) is 24.4 Å². The van der Waals surface area contributed by atoms with Crippen molar-refractivity contribution in [1.29, 1.82) is 0 Å². The van der Waals surface area contributed by atoms with Gasteiger partial charge in [0.15, 0.2) is 5.82 Å². The van der Waals surface area contributed by atoms with Gasteiger partial charge >= 0.3 is 5.97 Å². The molecule has 0 saturated carbocycles. The van der Waals surface area contributed by atoms with Crippen molar-refractivity contribution >= 4 is 27.4 Å². The van der Waals surface area contributed by atoms with Gasteiger partial charge in [0.2, 0.25) is 4.90 Å². The molecule has 0 aliphatic carbocycles. The van der Waals surface area contributed by atoms with Gasteiger partial charge in [-0.25, -0.2) is 17.6 Å². The number of hydrogen-bond donors (Lipinski definition) is 2. The summed E-state index contributed by atoms with van der Waals surface area (Å²) in [5.41, 5.74) is -1.04. The number of sulfonamides is 1. The van der Waals surface area contributed by atoms with Crippen molar-refractivity contribution in [3.05, 3.63) is 64.0 Å². The lowest BCUT2D eigenvalue weighted by Gasteiger charge is -2.09. The van der Waals surface area contributed by atoms with Gasteiger partial charge in [0.25, 0.3) is 15.7 Å². The zero-order chi connectivity index (χ0) is 17.2. The minimum Gasteiger partial charge on any atom is -0.478 e. The summed E-state index contributed by atoms with van der Waals surface area (Å²) < 4.78 is 40.1. The van der Waals surface area contributed by atoms with Crippen molar-refractivity contribution in [3.8, 4) is 0 Å². The van der Waals surface area contributed by atoms with Crippen molar-refractivity contribution in [1.82, 2.24) is 0 Å². The van der Waals surface area contributed by atoms with E-state index in [9.17, 15) is 27.7 Å². The third-order valence-electron chi connectivity index (χ3n) is 2.80. The van der Waals surface area contributed by atoms with E-state index < -0.39 is 37.3 Å². The van der Waals surface area contributed by atoms with Crippen LogP contribution in [0.15, 0.2) is 47.4 Å². The highest BCUT2D eigenvalue weighted by Gasteiger charge is 2.30. The van der Waals surface area contributed by atoms with Gasteiger partial charge in [-0.1, -0.05) is 6.07 Å². The molecule has 0 aliphatic rings. The summed E-state index contributed by atoms with van der Waals surface area (Å²) in [6.07, 6.45) is 0. The van der Waals surface area contributed by atoms with Crippen LogP contribution in [0.25, 0.3) is 0 Å². The number of carbonyl (C=O) groups is 1. The number of nitro benzene ring substituents is 1. The Hall–Kier alpha value is -3.01. The predicted octanol–water partition coefficient (Wildman–Crippen LogP) is 2.23. The number of nitrogens with zero attached hydrogens (tertiary/aromatic N) is 1. The highest BCUT2D eigenvalue weighted by atomic mass is 32.2. The first-order valence-electron chi connectivity index (χ1n) is 6.01. The van der Waals surface area contributed by atoms with Crippen LogP contribution in [0, 0.1) is 15.9 Å². The molecule has 0 amide bonds. The highest BCUT2D eigenvalue weighted by molar-refractivity contribution is 7.92. The van der Waals surface area contributed by atoms with Crippen LogP contribution < -0.4 is 4.72 Å². The molecule has 8 nitrogen and oxygen atoms in total. The Morgan fingerprint density at radius 1 is 1.17 bits per heavy atom. The van der Waals surface area contributed by atoms with E-state index in [-0.39, 0.29) is 11.3 Å². The molecule has 0 saturated heterocycles. The Kier molecular flexibility index (Phi) is 4.27. The smallest absolute Gasteiger partial charge is 0.335 e. The van der Waals surface area contributed by atoms with E-state index in [1.54, 1.807) is 0 Å². The Morgan fingerprint density at radius 2 is 1.78 bits per heavy atom. The molecule has 0 unspecified atom stereocenters. The molecule has 0 radical (unpaired) electrons. The molecule has 2 rings (SSSR count). The normalized spacial score (nSPS) is 11.0. The maximum Gasteiger partial charge on any atom is 0.335 e. The summed E-state index contributed by atoms with van der Waals surface area (Å²) in [5.74, 6) is -2.47. The number of halogens is 1. The molecule has 0 aromatic heterocycles. The minimum absolute atomic E-state index is 0.0625. The van der Waals surface area contributed by atoms with Gasteiger partial charge < -0.3 is 5.11 Å². The predicted molar refractivity (Wildman–Crippen MR) is 77.3 cm³/mol. The molecule has 0 atom stereocenters. The Morgan fingerprint density at radius 3 is 2.30 bits per heavy atom. The largest absolute Gasteiger partial charge is 0.478 e. The Labute approximate surface area is 129 Å². The van der Waals surface area contributed by atoms with E-state index in [1.807, 2.05) is 4.72 Å². The quantitative estimate of drug-likeness (QED) is 0.635. The van der Waals surface area contributed by atoms with E-state index in [1.165, 1.54) is 0 Å². The van der Waals surface area contributed by atoms with Gasteiger partial charge in [-0.2, -0.15) is 0 Å². The first-order valence-corrected chi connectivity index (χ1v) is 7.50. The monoisotopic (exact) mass is 340 g/mol. The fraction of sp³-hybridized carbons (Fsp3) is 0. The average molecular weight is 340 g/mol. The second-order valence-electron chi connectivity index (χ2n) is 4.33. The summed E-state index contributed by atoms with van der Waals surface area (Å²) in [6, 6.07) is 7.24. The zero-order valence-electron chi connectivity index (χ0n) is 11.3. The van der Waals surface area contributed by atoms with Gasteiger partial charge in [-0.15, -0.1) is 0 Å². The lowest BCUT2D eigenvalue weighted by molar-refractivity contribution is -0.388. The van der Waals surface area contributed by atoms with E-state index in [0.717, 1.165) is 42.5 Å². The molecule has 0 bridgehead atoms. The van der Waals surface area contributed by atoms with E-state index in [2.05, 4.69) is 0 Å². The third kappa shape index (κ3) is 3.43. The minimum atomic E-state index is -4.57. The van der Waals surface area contributed by atoms with Crippen LogP contribution in [-0.2, 0) is 10.0 Å². The van der Waals surface area contributed by atoms with Crippen molar-refractivity contribution in [2.24, 2.45) is 0 Å². The van der Waals surface area contributed by atoms with Gasteiger partial charge in [-0.05, 0) is 30.3 Å². The number of rotatable bonds is 5. The van der Waals surface area contributed by atoms with Gasteiger partial charge in [0.1, 0.15) is 0 Å². The maximum absolute atomic E-state index is 13.8. The fourth-order valence-electron chi connectivity index (χ4n) is 1.79. The molecule has 2 aromatic carbocycles. The number of nitro groups is 1. The molecule has 0 spiro atoms. The van der Waals surface area contributed by atoms with Crippen molar-refractivity contribution in [3.63, 3.8) is 0 Å². The van der Waals surface area contributed by atoms with Gasteiger partial charge in [0.05, 0.1) is 10.5 Å². The molecular formula is C13H9FN2O6S. The maximum atomic E-state index is 13.8. The fourth-order valence-corrected chi connectivity index (χ4v) is 3.09. The third-order valence-corrected chi connectivity index (χ3v) is 4.24. The van der Waals surface area contributed by atoms with Crippen LogP contribution >= 0.6 is 0 Å². The number of anilines is 1. The summed E-state index contributed by atoms with van der Waals surface area (Å²) in [4.78, 5) is 19.5. The molecule has 10 heteroatoms. The molecule has 0 heterocycles. The second kappa shape index (κ2) is 6.01. The van der Waals surface area contributed by atoms with E-state index in [4.69, 9.17) is 5.11 Å². The second-order valence-corrected chi connectivity index (χ2v) is 5.95. The number of carboxylic acids is 1. The van der Waals surface area contributed by atoms with Crippen molar-refractivity contribution in [2.75, 3.05) is 4.72 Å². The molecule has 23 heavy (non-hydrogen) atoms. The molecule has 2 aromatic rings. The standard InChI is InChI=1S/C13H9FN2O6S/c14-10-2-1-3-11(16(19)20)12(10)23(21,22)15-9-6-4-8(5-7-9)13(17)18/h1-7,15H,(H,17,18). The summed E-state index contributed by atoms with van der Waals surface area (Å²) in [7, 11) is -4.57. The van der Waals surface area contributed by atoms with Crippen LogP contribution in [0.3, 0.4) is 0 Å². The lowest BCUT2D eigenvalue weighted by atomic mass is 10.2. The number of hydrogen-bond acceptors (Lipinski definition) is 5. The van der Waals surface area contributed by atoms with Crippen LogP contribution in [0.2, 0.25) is 0 Å². The molecular weight excluding hydrogens is 331 g/mol. The summed E-state index contributed by atoms with van der Waals surface area (Å²) in [6.45, 7) is 0. The number of carboxylic acid groups (broad SMARTS) is 1. The molecule has 0 aliphatic heterocycles. The summed E-state index contributed by atoms with van der Waals surface area (Å²) in [5, 5.41) is 19.6. The first-order chi connectivity index (χ1) is 10.7. The van der Waals surface area contributed by atoms with Gasteiger partial charge in [-0.3, -0.25) is 14.8 Å². The van der Waals surface area contributed by atoms with E-state index >= 15 is 0 Å². The van der Waals surface area contributed by atoms with Crippen LogP contribution in [0.1, 0.15) is 10.4 Å². The Balaban J connectivity index is 2.44.